The van der Waals surface area contributed by atoms with Gasteiger partial charge in [-0.25, -0.2) is 4.39 Å². The third-order valence-electron chi connectivity index (χ3n) is 2.32. The number of hydrogen-bond donors (Lipinski definition) is 1. The van der Waals surface area contributed by atoms with Crippen LogP contribution in [0.15, 0.2) is 18.2 Å². The van der Waals surface area contributed by atoms with E-state index in [4.69, 9.17) is 5.73 Å². The van der Waals surface area contributed by atoms with Crippen molar-refractivity contribution in [2.45, 2.75) is 32.0 Å². The summed E-state index contributed by atoms with van der Waals surface area (Å²) in [5, 5.41) is 0. The van der Waals surface area contributed by atoms with E-state index < -0.39 is 23.6 Å². The van der Waals surface area contributed by atoms with Gasteiger partial charge in [0.05, 0.1) is 5.56 Å². The lowest BCUT2D eigenvalue weighted by molar-refractivity contribution is -0.137. The van der Waals surface area contributed by atoms with Gasteiger partial charge in [0.25, 0.3) is 0 Å². The van der Waals surface area contributed by atoms with Crippen LogP contribution in [0, 0.1) is 5.82 Å². The van der Waals surface area contributed by atoms with E-state index in [0.717, 1.165) is 18.2 Å². The predicted octanol–water partition coefficient (Wildman–Crippen LogP) is 3.64. The SMILES string of the molecule is CCC[C@@H](N)c1cc(C(F)(F)F)ccc1F. The maximum Gasteiger partial charge on any atom is 0.416 e. The summed E-state index contributed by atoms with van der Waals surface area (Å²) in [7, 11) is 0. The lowest BCUT2D eigenvalue weighted by atomic mass is 10.00. The molecular formula is C11H13F4N. The Labute approximate surface area is 91.3 Å². The first-order chi connectivity index (χ1) is 7.36. The van der Waals surface area contributed by atoms with Crippen molar-refractivity contribution in [2.24, 2.45) is 5.73 Å². The molecule has 0 amide bonds. The molecule has 0 heterocycles. The summed E-state index contributed by atoms with van der Waals surface area (Å²) in [5.74, 6) is -0.686. The fourth-order valence-corrected chi connectivity index (χ4v) is 1.47. The summed E-state index contributed by atoms with van der Waals surface area (Å²) in [6, 6.07) is 1.63. The fraction of sp³-hybridized carbons (Fsp3) is 0.455. The van der Waals surface area contributed by atoms with Gasteiger partial charge in [-0.15, -0.1) is 0 Å². The van der Waals surface area contributed by atoms with Crippen LogP contribution in [0.4, 0.5) is 17.6 Å². The van der Waals surface area contributed by atoms with Crippen molar-refractivity contribution in [1.82, 2.24) is 0 Å². The van der Waals surface area contributed by atoms with E-state index in [9.17, 15) is 17.6 Å². The van der Waals surface area contributed by atoms with Crippen molar-refractivity contribution in [3.8, 4) is 0 Å². The minimum absolute atomic E-state index is 0.0725. The summed E-state index contributed by atoms with van der Waals surface area (Å²) in [4.78, 5) is 0. The zero-order valence-corrected chi connectivity index (χ0v) is 8.81. The Morgan fingerprint density at radius 2 is 1.94 bits per heavy atom. The highest BCUT2D eigenvalue weighted by Crippen LogP contribution is 2.32. The van der Waals surface area contributed by atoms with Crippen LogP contribution in [-0.2, 0) is 6.18 Å². The highest BCUT2D eigenvalue weighted by atomic mass is 19.4. The van der Waals surface area contributed by atoms with Gasteiger partial charge in [-0.1, -0.05) is 13.3 Å². The second kappa shape index (κ2) is 4.82. The van der Waals surface area contributed by atoms with Crippen molar-refractivity contribution >= 4 is 0 Å². The first kappa shape index (κ1) is 13.0. The lowest BCUT2D eigenvalue weighted by Gasteiger charge is -2.14. The van der Waals surface area contributed by atoms with E-state index >= 15 is 0 Å². The van der Waals surface area contributed by atoms with Crippen molar-refractivity contribution in [2.75, 3.05) is 0 Å². The topological polar surface area (TPSA) is 26.0 Å². The Kier molecular flexibility index (Phi) is 3.91. The zero-order valence-electron chi connectivity index (χ0n) is 8.81. The van der Waals surface area contributed by atoms with Crippen molar-refractivity contribution in [3.05, 3.63) is 35.1 Å². The molecule has 1 atom stereocenters. The Hall–Kier alpha value is -1.10. The van der Waals surface area contributed by atoms with Crippen LogP contribution in [0.1, 0.15) is 36.9 Å². The summed E-state index contributed by atoms with van der Waals surface area (Å²) < 4.78 is 50.4. The Bertz CT molecular complexity index is 359. The van der Waals surface area contributed by atoms with E-state index in [-0.39, 0.29) is 5.56 Å². The van der Waals surface area contributed by atoms with Crippen LogP contribution in [0.2, 0.25) is 0 Å². The highest BCUT2D eigenvalue weighted by molar-refractivity contribution is 5.29. The minimum atomic E-state index is -4.46. The van der Waals surface area contributed by atoms with Crippen LogP contribution >= 0.6 is 0 Å². The molecule has 0 aliphatic heterocycles. The maximum atomic E-state index is 13.3. The van der Waals surface area contributed by atoms with Crippen LogP contribution < -0.4 is 5.73 Å². The smallest absolute Gasteiger partial charge is 0.324 e. The lowest BCUT2D eigenvalue weighted by Crippen LogP contribution is -2.14. The summed E-state index contributed by atoms with van der Waals surface area (Å²) in [5.41, 5.74) is 4.67. The summed E-state index contributed by atoms with van der Waals surface area (Å²) in [6.07, 6.45) is -3.32. The molecule has 0 aliphatic carbocycles. The Morgan fingerprint density at radius 3 is 2.44 bits per heavy atom. The normalized spacial score (nSPS) is 13.9. The zero-order chi connectivity index (χ0) is 12.3. The third-order valence-corrected chi connectivity index (χ3v) is 2.32. The molecule has 0 fully saturated rings. The van der Waals surface area contributed by atoms with Crippen molar-refractivity contribution in [1.29, 1.82) is 0 Å². The molecule has 0 saturated carbocycles. The van der Waals surface area contributed by atoms with Gasteiger partial charge in [0.15, 0.2) is 0 Å². The second-order valence-corrected chi connectivity index (χ2v) is 3.63. The van der Waals surface area contributed by atoms with E-state index in [1.807, 2.05) is 6.92 Å². The monoisotopic (exact) mass is 235 g/mol. The van der Waals surface area contributed by atoms with E-state index in [0.29, 0.717) is 12.8 Å². The van der Waals surface area contributed by atoms with Gasteiger partial charge in [0, 0.05) is 11.6 Å². The molecule has 0 aliphatic rings. The number of alkyl halides is 3. The van der Waals surface area contributed by atoms with Crippen LogP contribution in [-0.4, -0.2) is 0 Å². The van der Waals surface area contributed by atoms with Crippen molar-refractivity contribution in [3.63, 3.8) is 0 Å². The minimum Gasteiger partial charge on any atom is -0.324 e. The molecule has 2 N–H and O–H groups in total. The molecule has 0 bridgehead atoms. The van der Waals surface area contributed by atoms with Gasteiger partial charge in [0.2, 0.25) is 0 Å². The molecule has 0 saturated heterocycles. The van der Waals surface area contributed by atoms with E-state index in [1.54, 1.807) is 0 Å². The largest absolute Gasteiger partial charge is 0.416 e. The van der Waals surface area contributed by atoms with Gasteiger partial charge >= 0.3 is 6.18 Å². The molecule has 1 rings (SSSR count). The Morgan fingerprint density at radius 1 is 1.31 bits per heavy atom. The maximum absolute atomic E-state index is 13.3. The van der Waals surface area contributed by atoms with E-state index in [2.05, 4.69) is 0 Å². The Balaban J connectivity index is 3.09. The fourth-order valence-electron chi connectivity index (χ4n) is 1.47. The summed E-state index contributed by atoms with van der Waals surface area (Å²) in [6.45, 7) is 1.84. The number of halogens is 4. The van der Waals surface area contributed by atoms with Gasteiger partial charge in [-0.2, -0.15) is 13.2 Å². The summed E-state index contributed by atoms with van der Waals surface area (Å²) >= 11 is 0. The molecule has 90 valence electrons. The molecular weight excluding hydrogens is 222 g/mol. The van der Waals surface area contributed by atoms with Crippen LogP contribution in [0.5, 0.6) is 0 Å². The molecule has 1 nitrogen and oxygen atoms in total. The molecule has 0 unspecified atom stereocenters. The average molecular weight is 235 g/mol. The molecule has 1 aromatic rings. The molecule has 5 heteroatoms. The number of benzene rings is 1. The molecule has 1 aromatic carbocycles. The number of rotatable bonds is 3. The number of hydrogen-bond acceptors (Lipinski definition) is 1. The van der Waals surface area contributed by atoms with Gasteiger partial charge in [0.1, 0.15) is 5.82 Å². The molecule has 16 heavy (non-hydrogen) atoms. The number of nitrogens with two attached hydrogens (primary N) is 1. The molecule has 0 radical (unpaired) electrons. The highest BCUT2D eigenvalue weighted by Gasteiger charge is 2.31. The third kappa shape index (κ3) is 2.95. The van der Waals surface area contributed by atoms with Crippen molar-refractivity contribution < 1.29 is 17.6 Å². The predicted molar refractivity (Wildman–Crippen MR) is 53.2 cm³/mol. The molecule has 0 aromatic heterocycles. The standard InChI is InChI=1S/C11H13F4N/c1-2-3-10(16)8-6-7(11(13,14)15)4-5-9(8)12/h4-6,10H,2-3,16H2,1H3/t10-/m1/s1. The van der Waals surface area contributed by atoms with E-state index in [1.165, 1.54) is 0 Å². The van der Waals surface area contributed by atoms with Crippen LogP contribution in [0.3, 0.4) is 0 Å². The molecule has 0 spiro atoms. The average Bonchev–Trinajstić information content (AvgIpc) is 2.16. The van der Waals surface area contributed by atoms with Gasteiger partial charge < -0.3 is 5.73 Å². The first-order valence-electron chi connectivity index (χ1n) is 4.98. The quantitative estimate of drug-likeness (QED) is 0.795. The van der Waals surface area contributed by atoms with Crippen LogP contribution in [0.25, 0.3) is 0 Å². The second-order valence-electron chi connectivity index (χ2n) is 3.63. The van der Waals surface area contributed by atoms with Gasteiger partial charge in [-0.05, 0) is 24.6 Å². The van der Waals surface area contributed by atoms with Gasteiger partial charge in [-0.3, -0.25) is 0 Å². The first-order valence-corrected chi connectivity index (χ1v) is 4.98.